The molecule has 25 heavy (non-hydrogen) atoms. The Morgan fingerprint density at radius 3 is 2.20 bits per heavy atom. The highest BCUT2D eigenvalue weighted by Gasteiger charge is 2.21. The van der Waals surface area contributed by atoms with E-state index < -0.39 is 0 Å². The molecule has 0 aromatic heterocycles. The van der Waals surface area contributed by atoms with Gasteiger partial charge in [0.1, 0.15) is 5.75 Å². The second-order valence-electron chi connectivity index (χ2n) is 7.04. The molecule has 1 fully saturated rings. The summed E-state index contributed by atoms with van der Waals surface area (Å²) in [7, 11) is 0. The van der Waals surface area contributed by atoms with Gasteiger partial charge in [0.15, 0.2) is 0 Å². The van der Waals surface area contributed by atoms with Gasteiger partial charge in [-0.15, -0.1) is 12.4 Å². The first-order chi connectivity index (χ1) is 11.8. The van der Waals surface area contributed by atoms with Gasteiger partial charge >= 0.3 is 0 Å². The van der Waals surface area contributed by atoms with Crippen LogP contribution in [0.1, 0.15) is 55.6 Å². The van der Waals surface area contributed by atoms with E-state index in [4.69, 9.17) is 0 Å². The van der Waals surface area contributed by atoms with Crippen LogP contribution in [0, 0.1) is 0 Å². The third-order valence-electron chi connectivity index (χ3n) is 5.26. The molecule has 136 valence electrons. The summed E-state index contributed by atoms with van der Waals surface area (Å²) in [6.07, 6.45) is 8.76. The fourth-order valence-electron chi connectivity index (χ4n) is 3.78. The van der Waals surface area contributed by atoms with Gasteiger partial charge in [0.25, 0.3) is 0 Å². The highest BCUT2D eigenvalue weighted by molar-refractivity contribution is 5.85. The van der Waals surface area contributed by atoms with Gasteiger partial charge in [-0.25, -0.2) is 0 Å². The molecule has 3 rings (SSSR count). The van der Waals surface area contributed by atoms with Crippen LogP contribution in [0.2, 0.25) is 0 Å². The first-order valence-corrected chi connectivity index (χ1v) is 9.37. The van der Waals surface area contributed by atoms with Gasteiger partial charge in [-0.2, -0.15) is 0 Å². The Morgan fingerprint density at radius 1 is 0.840 bits per heavy atom. The minimum Gasteiger partial charge on any atom is -0.508 e. The number of phenolic OH excluding ortho intramolecular Hbond substituents is 1. The monoisotopic (exact) mass is 359 g/mol. The quantitative estimate of drug-likeness (QED) is 0.644. The minimum atomic E-state index is 0. The highest BCUT2D eigenvalue weighted by Crippen LogP contribution is 2.33. The van der Waals surface area contributed by atoms with Crippen molar-refractivity contribution in [3.8, 4) is 5.75 Å². The largest absolute Gasteiger partial charge is 0.508 e. The van der Waals surface area contributed by atoms with Gasteiger partial charge in [0, 0.05) is 6.04 Å². The van der Waals surface area contributed by atoms with E-state index in [9.17, 15) is 5.11 Å². The van der Waals surface area contributed by atoms with Crippen molar-refractivity contribution in [2.24, 2.45) is 0 Å². The summed E-state index contributed by atoms with van der Waals surface area (Å²) >= 11 is 0. The molecule has 1 aliphatic carbocycles. The molecule has 0 bridgehead atoms. The average Bonchev–Trinajstić information content (AvgIpc) is 2.64. The number of phenols is 1. The lowest BCUT2D eigenvalue weighted by Crippen LogP contribution is -2.33. The zero-order valence-corrected chi connectivity index (χ0v) is 15.7. The molecule has 2 N–H and O–H groups in total. The summed E-state index contributed by atoms with van der Waals surface area (Å²) < 4.78 is 0. The molecule has 0 radical (unpaired) electrons. The molecule has 2 aromatic rings. The highest BCUT2D eigenvalue weighted by atomic mass is 35.5. The van der Waals surface area contributed by atoms with Gasteiger partial charge in [-0.05, 0) is 80.7 Å². The zero-order valence-electron chi connectivity index (χ0n) is 14.9. The van der Waals surface area contributed by atoms with Crippen molar-refractivity contribution in [1.29, 1.82) is 0 Å². The van der Waals surface area contributed by atoms with E-state index in [-0.39, 0.29) is 12.4 Å². The van der Waals surface area contributed by atoms with E-state index in [1.54, 1.807) is 0 Å². The number of rotatable bonds is 7. The topological polar surface area (TPSA) is 32.3 Å². The zero-order chi connectivity index (χ0) is 16.6. The van der Waals surface area contributed by atoms with Gasteiger partial charge in [0.05, 0.1) is 0 Å². The van der Waals surface area contributed by atoms with Crippen molar-refractivity contribution >= 4 is 12.4 Å². The van der Waals surface area contributed by atoms with E-state index >= 15 is 0 Å². The summed E-state index contributed by atoms with van der Waals surface area (Å²) in [4.78, 5) is 0. The summed E-state index contributed by atoms with van der Waals surface area (Å²) in [6.45, 7) is 1.14. The van der Waals surface area contributed by atoms with Crippen LogP contribution in [0.5, 0.6) is 5.75 Å². The van der Waals surface area contributed by atoms with Gasteiger partial charge in [0.2, 0.25) is 0 Å². The Labute approximate surface area is 158 Å². The summed E-state index contributed by atoms with van der Waals surface area (Å²) in [5.41, 5.74) is 2.83. The Bertz CT molecular complexity index is 591. The van der Waals surface area contributed by atoms with Crippen molar-refractivity contribution in [3.05, 3.63) is 65.7 Å². The number of nitrogens with one attached hydrogen (secondary N) is 1. The molecular formula is C22H30ClNO. The Kier molecular flexibility index (Phi) is 8.30. The maximum atomic E-state index is 9.40. The molecule has 2 nitrogen and oxygen atoms in total. The summed E-state index contributed by atoms with van der Waals surface area (Å²) in [6, 6.07) is 19.2. The smallest absolute Gasteiger partial charge is 0.115 e. The second kappa shape index (κ2) is 10.5. The van der Waals surface area contributed by atoms with Crippen LogP contribution in [0.3, 0.4) is 0 Å². The van der Waals surface area contributed by atoms with E-state index in [0.29, 0.717) is 17.7 Å². The van der Waals surface area contributed by atoms with Gasteiger partial charge in [-0.1, -0.05) is 42.5 Å². The predicted octanol–water partition coefficient (Wildman–Crippen LogP) is 5.45. The molecule has 0 saturated heterocycles. The van der Waals surface area contributed by atoms with Crippen molar-refractivity contribution in [2.75, 3.05) is 6.54 Å². The van der Waals surface area contributed by atoms with Crippen LogP contribution in [-0.4, -0.2) is 17.7 Å². The number of hydrogen-bond donors (Lipinski definition) is 2. The van der Waals surface area contributed by atoms with Crippen LogP contribution in [0.15, 0.2) is 54.6 Å². The Balaban J connectivity index is 0.00000225. The fraction of sp³-hybridized carbons (Fsp3) is 0.455. The SMILES string of the molecule is Cl.Oc1ccc(C2CCC(NCCCCc3ccccc3)CC2)cc1. The number of aryl methyl sites for hydroxylation is 1. The molecule has 2 aromatic carbocycles. The third-order valence-corrected chi connectivity index (χ3v) is 5.26. The maximum Gasteiger partial charge on any atom is 0.115 e. The molecule has 0 spiro atoms. The minimum absolute atomic E-state index is 0. The van der Waals surface area contributed by atoms with E-state index in [0.717, 1.165) is 6.54 Å². The first-order valence-electron chi connectivity index (χ1n) is 9.37. The van der Waals surface area contributed by atoms with E-state index in [1.165, 1.54) is 56.1 Å². The van der Waals surface area contributed by atoms with Crippen LogP contribution in [0.25, 0.3) is 0 Å². The van der Waals surface area contributed by atoms with Crippen LogP contribution < -0.4 is 5.32 Å². The standard InChI is InChI=1S/C22H29NO.ClH/c24-22-15-11-20(12-16-22)19-9-13-21(14-10-19)23-17-5-4-8-18-6-2-1-3-7-18;/h1-3,6-7,11-12,15-16,19,21,23-24H,4-5,8-10,13-14,17H2;1H. The van der Waals surface area contributed by atoms with Crippen molar-refractivity contribution in [2.45, 2.75) is 56.9 Å². The molecule has 1 saturated carbocycles. The molecule has 0 amide bonds. The number of unbranched alkanes of at least 4 members (excludes halogenated alkanes) is 1. The molecule has 0 unspecified atom stereocenters. The number of halogens is 1. The number of hydrogen-bond acceptors (Lipinski definition) is 2. The van der Waals surface area contributed by atoms with Gasteiger partial charge in [-0.3, -0.25) is 0 Å². The summed E-state index contributed by atoms with van der Waals surface area (Å²) in [5.74, 6) is 1.03. The third kappa shape index (κ3) is 6.37. The number of benzene rings is 2. The predicted molar refractivity (Wildman–Crippen MR) is 108 cm³/mol. The average molecular weight is 360 g/mol. The normalized spacial score (nSPS) is 20.0. The van der Waals surface area contributed by atoms with Crippen LogP contribution in [-0.2, 0) is 6.42 Å². The summed E-state index contributed by atoms with van der Waals surface area (Å²) in [5, 5.41) is 13.1. The Hall–Kier alpha value is -1.51. The van der Waals surface area contributed by atoms with Gasteiger partial charge < -0.3 is 10.4 Å². The lowest BCUT2D eigenvalue weighted by atomic mass is 9.82. The molecule has 1 aliphatic rings. The van der Waals surface area contributed by atoms with Crippen molar-refractivity contribution in [3.63, 3.8) is 0 Å². The fourth-order valence-corrected chi connectivity index (χ4v) is 3.78. The molecule has 3 heteroatoms. The first kappa shape index (κ1) is 19.8. The molecule has 0 heterocycles. The van der Waals surface area contributed by atoms with Crippen LogP contribution >= 0.6 is 12.4 Å². The number of aromatic hydroxyl groups is 1. The van der Waals surface area contributed by atoms with Crippen LogP contribution in [0.4, 0.5) is 0 Å². The van der Waals surface area contributed by atoms with Crippen molar-refractivity contribution in [1.82, 2.24) is 5.32 Å². The maximum absolute atomic E-state index is 9.40. The molecule has 0 aliphatic heterocycles. The van der Waals surface area contributed by atoms with E-state index in [2.05, 4.69) is 47.8 Å². The molecule has 0 atom stereocenters. The van der Waals surface area contributed by atoms with E-state index in [1.807, 2.05) is 12.1 Å². The lowest BCUT2D eigenvalue weighted by Gasteiger charge is -2.29. The lowest BCUT2D eigenvalue weighted by molar-refractivity contribution is 0.341. The molecular weight excluding hydrogens is 330 g/mol. The van der Waals surface area contributed by atoms with Crippen molar-refractivity contribution < 1.29 is 5.11 Å². The Morgan fingerprint density at radius 2 is 1.52 bits per heavy atom. The second-order valence-corrected chi connectivity index (χ2v) is 7.04.